The molecular weight excluding hydrogens is 384 g/mol. The maximum atomic E-state index is 12.2. The number of hydrogen-bond donors (Lipinski definition) is 2. The predicted molar refractivity (Wildman–Crippen MR) is 127 cm³/mol. The number of azo groups is 1. The summed E-state index contributed by atoms with van der Waals surface area (Å²) in [5.74, 6) is 0.163. The van der Waals surface area contributed by atoms with E-state index in [1.54, 1.807) is 6.07 Å². The Hall–Kier alpha value is -3.99. The fourth-order valence-electron chi connectivity index (χ4n) is 3.36. The van der Waals surface area contributed by atoms with Gasteiger partial charge in [0.2, 0.25) is 0 Å². The van der Waals surface area contributed by atoms with E-state index < -0.39 is 0 Å². The molecule has 0 bridgehead atoms. The minimum Gasteiger partial charge on any atom is -0.397 e. The average molecular weight is 409 g/mol. The maximum Gasteiger partial charge on any atom is 0.178 e. The highest BCUT2D eigenvalue weighted by atomic mass is 16.1. The molecule has 3 aromatic carbocycles. The Balaban J connectivity index is 1.58. The molecule has 3 aromatic rings. The number of para-hydroxylation sites is 2. The number of rotatable bonds is 6. The van der Waals surface area contributed by atoms with Crippen LogP contribution in [0.25, 0.3) is 12.2 Å². The molecule has 5 nitrogen and oxygen atoms in total. The van der Waals surface area contributed by atoms with E-state index in [4.69, 9.17) is 5.73 Å². The zero-order valence-corrected chi connectivity index (χ0v) is 17.2. The van der Waals surface area contributed by atoms with Crippen LogP contribution in [0.5, 0.6) is 0 Å². The molecule has 0 saturated heterocycles. The highest BCUT2D eigenvalue weighted by molar-refractivity contribution is 5.99. The first-order chi connectivity index (χ1) is 15.2. The van der Waals surface area contributed by atoms with Crippen molar-refractivity contribution in [2.24, 2.45) is 10.2 Å². The maximum absolute atomic E-state index is 12.2. The summed E-state index contributed by atoms with van der Waals surface area (Å²) in [6, 6.07) is 23.1. The monoisotopic (exact) mass is 408 g/mol. The van der Waals surface area contributed by atoms with Crippen LogP contribution in [0.3, 0.4) is 0 Å². The van der Waals surface area contributed by atoms with Gasteiger partial charge in [-0.05, 0) is 42.7 Å². The number of nitrogens with one attached hydrogen (secondary N) is 1. The average Bonchev–Trinajstić information content (AvgIpc) is 2.80. The quantitative estimate of drug-likeness (QED) is 0.264. The zero-order chi connectivity index (χ0) is 21.5. The highest BCUT2D eigenvalue weighted by Gasteiger charge is 2.14. The van der Waals surface area contributed by atoms with E-state index in [2.05, 4.69) is 15.5 Å². The van der Waals surface area contributed by atoms with Gasteiger partial charge in [-0.2, -0.15) is 0 Å². The van der Waals surface area contributed by atoms with Crippen LogP contribution in [-0.4, -0.2) is 5.78 Å². The van der Waals surface area contributed by atoms with Gasteiger partial charge in [-0.3, -0.25) is 4.79 Å². The van der Waals surface area contributed by atoms with Gasteiger partial charge in [0.25, 0.3) is 0 Å². The van der Waals surface area contributed by atoms with Gasteiger partial charge in [0, 0.05) is 17.7 Å². The second-order valence-electron chi connectivity index (χ2n) is 7.30. The van der Waals surface area contributed by atoms with E-state index in [0.29, 0.717) is 23.5 Å². The molecule has 0 aliphatic heterocycles. The van der Waals surface area contributed by atoms with Crippen LogP contribution < -0.4 is 11.1 Å². The predicted octanol–water partition coefficient (Wildman–Crippen LogP) is 6.90. The molecule has 0 amide bonds. The lowest BCUT2D eigenvalue weighted by molar-refractivity contribution is -0.115. The third-order valence-corrected chi connectivity index (χ3v) is 5.07. The number of benzene rings is 3. The number of carbonyl (C=O) groups is 1. The molecule has 31 heavy (non-hydrogen) atoms. The molecule has 4 rings (SSSR count). The molecule has 0 fully saturated rings. The fourth-order valence-corrected chi connectivity index (χ4v) is 3.36. The molecule has 1 aliphatic carbocycles. The number of anilines is 2. The fraction of sp³-hybridized carbons (Fsp3) is 0.115. The number of carbonyl (C=O) groups excluding carboxylic acids is 1. The Kier molecular flexibility index (Phi) is 6.33. The Labute approximate surface area is 182 Å². The van der Waals surface area contributed by atoms with E-state index >= 15 is 0 Å². The summed E-state index contributed by atoms with van der Waals surface area (Å²) in [5, 5.41) is 12.0. The summed E-state index contributed by atoms with van der Waals surface area (Å²) in [5.41, 5.74) is 11.4. The van der Waals surface area contributed by atoms with Crippen molar-refractivity contribution in [3.05, 3.63) is 95.7 Å². The molecule has 0 heterocycles. The summed E-state index contributed by atoms with van der Waals surface area (Å²) < 4.78 is 0. The van der Waals surface area contributed by atoms with Crippen molar-refractivity contribution >= 4 is 40.7 Å². The molecule has 1 aliphatic rings. The summed E-state index contributed by atoms with van der Waals surface area (Å²) in [6.45, 7) is 0. The Morgan fingerprint density at radius 1 is 0.806 bits per heavy atom. The molecule has 0 unspecified atom stereocenters. The second kappa shape index (κ2) is 9.67. The minimum atomic E-state index is 0.163. The number of nitrogens with zero attached hydrogens (tertiary/aromatic N) is 2. The van der Waals surface area contributed by atoms with Crippen LogP contribution in [0.2, 0.25) is 0 Å². The first-order valence-corrected chi connectivity index (χ1v) is 10.3. The van der Waals surface area contributed by atoms with Crippen LogP contribution in [0, 0.1) is 0 Å². The summed E-state index contributed by atoms with van der Waals surface area (Å²) in [7, 11) is 0. The SMILES string of the molecule is Nc1ccccc1N=Nc1ccccc1C=Cc1ccccc1NC1=CCCCC1=O. The number of ketones is 1. The second-order valence-corrected chi connectivity index (χ2v) is 7.30. The molecule has 0 radical (unpaired) electrons. The highest BCUT2D eigenvalue weighted by Crippen LogP contribution is 2.28. The number of Topliss-reactive ketones (excluding diaryl/α,β-unsaturated/α-hetero) is 1. The van der Waals surface area contributed by atoms with Crippen LogP contribution in [0.4, 0.5) is 22.7 Å². The van der Waals surface area contributed by atoms with Crippen molar-refractivity contribution in [2.75, 3.05) is 11.1 Å². The van der Waals surface area contributed by atoms with Crippen LogP contribution in [-0.2, 0) is 4.79 Å². The molecule has 0 aromatic heterocycles. The lowest BCUT2D eigenvalue weighted by atomic mass is 10.0. The van der Waals surface area contributed by atoms with E-state index in [9.17, 15) is 4.79 Å². The minimum absolute atomic E-state index is 0.163. The summed E-state index contributed by atoms with van der Waals surface area (Å²) >= 11 is 0. The first kappa shape index (κ1) is 20.3. The largest absolute Gasteiger partial charge is 0.397 e. The number of nitrogen functional groups attached to an aromatic ring is 1. The third kappa shape index (κ3) is 5.14. The van der Waals surface area contributed by atoms with Gasteiger partial charge in [0.15, 0.2) is 5.78 Å². The molecule has 154 valence electrons. The van der Waals surface area contributed by atoms with Gasteiger partial charge < -0.3 is 11.1 Å². The van der Waals surface area contributed by atoms with Crippen molar-refractivity contribution in [2.45, 2.75) is 19.3 Å². The molecule has 0 saturated carbocycles. The summed E-state index contributed by atoms with van der Waals surface area (Å²) in [4.78, 5) is 12.2. The lowest BCUT2D eigenvalue weighted by Gasteiger charge is -2.15. The van der Waals surface area contributed by atoms with Crippen molar-refractivity contribution in [3.8, 4) is 0 Å². The van der Waals surface area contributed by atoms with Gasteiger partial charge in [-0.25, -0.2) is 0 Å². The zero-order valence-electron chi connectivity index (χ0n) is 17.2. The number of nitrogens with two attached hydrogens (primary N) is 1. The molecule has 5 heteroatoms. The van der Waals surface area contributed by atoms with Gasteiger partial charge >= 0.3 is 0 Å². The topological polar surface area (TPSA) is 79.8 Å². The van der Waals surface area contributed by atoms with E-state index in [-0.39, 0.29) is 5.78 Å². The Morgan fingerprint density at radius 3 is 2.26 bits per heavy atom. The van der Waals surface area contributed by atoms with Crippen molar-refractivity contribution in [1.82, 2.24) is 0 Å². The van der Waals surface area contributed by atoms with E-state index in [0.717, 1.165) is 35.3 Å². The van der Waals surface area contributed by atoms with Gasteiger partial charge in [0.1, 0.15) is 5.69 Å². The van der Waals surface area contributed by atoms with Crippen LogP contribution in [0.1, 0.15) is 30.4 Å². The van der Waals surface area contributed by atoms with E-state index in [1.165, 1.54) is 0 Å². The summed E-state index contributed by atoms with van der Waals surface area (Å²) in [6.07, 6.45) is 8.45. The first-order valence-electron chi connectivity index (χ1n) is 10.3. The number of allylic oxidation sites excluding steroid dienone is 2. The molecule has 0 spiro atoms. The normalized spacial score (nSPS) is 14.2. The lowest BCUT2D eigenvalue weighted by Crippen LogP contribution is -2.14. The van der Waals surface area contributed by atoms with Gasteiger partial charge in [-0.1, -0.05) is 66.8 Å². The third-order valence-electron chi connectivity index (χ3n) is 5.07. The molecule has 3 N–H and O–H groups in total. The van der Waals surface area contributed by atoms with Crippen molar-refractivity contribution in [1.29, 1.82) is 0 Å². The Bertz CT molecular complexity index is 1180. The number of hydrogen-bond acceptors (Lipinski definition) is 5. The molecular formula is C26H24N4O. The van der Waals surface area contributed by atoms with E-state index in [1.807, 2.05) is 85.0 Å². The van der Waals surface area contributed by atoms with Crippen molar-refractivity contribution in [3.63, 3.8) is 0 Å². The smallest absolute Gasteiger partial charge is 0.178 e. The van der Waals surface area contributed by atoms with Crippen LogP contribution in [0.15, 0.2) is 94.8 Å². The van der Waals surface area contributed by atoms with Crippen molar-refractivity contribution < 1.29 is 4.79 Å². The molecule has 0 atom stereocenters. The standard InChI is InChI=1S/C26H24N4O/c27-21-11-3-6-14-24(21)30-29-23-13-5-2-10-20(23)18-17-19-9-1-4-12-22(19)28-25-15-7-8-16-26(25)31/h1-6,9-15,17-18,28H,7-8,16,27H2. The Morgan fingerprint density at radius 2 is 1.45 bits per heavy atom. The van der Waals surface area contributed by atoms with Gasteiger partial charge in [0.05, 0.1) is 17.1 Å². The van der Waals surface area contributed by atoms with Gasteiger partial charge in [-0.15, -0.1) is 10.2 Å². The van der Waals surface area contributed by atoms with Crippen LogP contribution >= 0.6 is 0 Å².